The fourth-order valence-corrected chi connectivity index (χ4v) is 3.41. The number of amides is 1. The minimum atomic E-state index is -4.71. The Morgan fingerprint density at radius 3 is 2.26 bits per heavy atom. The van der Waals surface area contributed by atoms with Gasteiger partial charge in [0.1, 0.15) is 23.0 Å². The molecule has 0 aliphatic carbocycles. The molecule has 3 aromatic carbocycles. The average molecular weight is 479 g/mol. The summed E-state index contributed by atoms with van der Waals surface area (Å²) in [6.07, 6.45) is -3.36. The molecule has 1 heterocycles. The molecule has 5 nitrogen and oxygen atoms in total. The third-order valence-electron chi connectivity index (χ3n) is 5.10. The summed E-state index contributed by atoms with van der Waals surface area (Å²) < 4.78 is 60.6. The Morgan fingerprint density at radius 1 is 0.971 bits per heavy atom. The van der Waals surface area contributed by atoms with E-state index in [-0.39, 0.29) is 29.3 Å². The standard InChI is InChI=1S/C26H17F4N3O2/c27-19-6-10-21(11-7-19)35-20-8-3-17(4-9-20)16-32-25(34)24-2-1-13-33(24)23-12-5-18(15-31)14-22(23)26(28,29)30/h1-14H,16H2,(H,32,34). The smallest absolute Gasteiger partial charge is 0.418 e. The molecule has 0 unspecified atom stereocenters. The lowest BCUT2D eigenvalue weighted by molar-refractivity contribution is -0.137. The van der Waals surface area contributed by atoms with E-state index in [1.807, 2.05) is 0 Å². The van der Waals surface area contributed by atoms with E-state index in [0.29, 0.717) is 11.5 Å². The van der Waals surface area contributed by atoms with Gasteiger partial charge in [0, 0.05) is 12.7 Å². The van der Waals surface area contributed by atoms with E-state index in [9.17, 15) is 22.4 Å². The monoisotopic (exact) mass is 479 g/mol. The predicted octanol–water partition coefficient (Wildman–Crippen LogP) is 6.23. The highest BCUT2D eigenvalue weighted by molar-refractivity contribution is 5.93. The molecule has 4 aromatic rings. The van der Waals surface area contributed by atoms with E-state index in [4.69, 9.17) is 10.00 Å². The molecule has 0 saturated heterocycles. The number of carbonyl (C=O) groups excluding carboxylic acids is 1. The molecule has 0 spiro atoms. The number of carbonyl (C=O) groups is 1. The normalized spacial score (nSPS) is 11.1. The molecule has 0 bridgehead atoms. The van der Waals surface area contributed by atoms with Crippen molar-refractivity contribution in [3.05, 3.63) is 113 Å². The predicted molar refractivity (Wildman–Crippen MR) is 120 cm³/mol. The van der Waals surface area contributed by atoms with E-state index >= 15 is 0 Å². The van der Waals surface area contributed by atoms with Crippen LogP contribution < -0.4 is 10.1 Å². The maximum absolute atomic E-state index is 13.6. The van der Waals surface area contributed by atoms with Gasteiger partial charge in [-0.3, -0.25) is 4.79 Å². The van der Waals surface area contributed by atoms with Gasteiger partial charge in [-0.05, 0) is 72.3 Å². The van der Waals surface area contributed by atoms with E-state index in [0.717, 1.165) is 22.3 Å². The molecule has 0 aliphatic heterocycles. The lowest BCUT2D eigenvalue weighted by atomic mass is 10.1. The van der Waals surface area contributed by atoms with Crippen LogP contribution in [0.15, 0.2) is 85.1 Å². The van der Waals surface area contributed by atoms with Gasteiger partial charge >= 0.3 is 6.18 Å². The first-order chi connectivity index (χ1) is 16.7. The number of hydrogen-bond acceptors (Lipinski definition) is 3. The molecule has 176 valence electrons. The summed E-state index contributed by atoms with van der Waals surface area (Å²) in [7, 11) is 0. The van der Waals surface area contributed by atoms with Crippen molar-refractivity contribution in [2.45, 2.75) is 12.7 Å². The van der Waals surface area contributed by atoms with Crippen LogP contribution in [0.5, 0.6) is 11.5 Å². The molecular weight excluding hydrogens is 462 g/mol. The Labute approximate surface area is 197 Å². The van der Waals surface area contributed by atoms with E-state index in [1.54, 1.807) is 30.3 Å². The maximum Gasteiger partial charge on any atom is 0.418 e. The summed E-state index contributed by atoms with van der Waals surface area (Å²) in [5.41, 5.74) is -0.660. The van der Waals surface area contributed by atoms with Gasteiger partial charge in [-0.1, -0.05) is 12.1 Å². The first-order valence-corrected chi connectivity index (χ1v) is 10.3. The van der Waals surface area contributed by atoms with Crippen molar-refractivity contribution < 1.29 is 27.1 Å². The third kappa shape index (κ3) is 5.50. The zero-order valence-corrected chi connectivity index (χ0v) is 18.0. The molecule has 9 heteroatoms. The van der Waals surface area contributed by atoms with Crippen molar-refractivity contribution in [2.24, 2.45) is 0 Å². The Bertz CT molecular complexity index is 1390. The lowest BCUT2D eigenvalue weighted by Gasteiger charge is -2.16. The molecule has 0 aliphatic rings. The Morgan fingerprint density at radius 2 is 1.63 bits per heavy atom. The van der Waals surface area contributed by atoms with Crippen LogP contribution in [0.25, 0.3) is 5.69 Å². The third-order valence-corrected chi connectivity index (χ3v) is 5.10. The van der Waals surface area contributed by atoms with Crippen LogP contribution in [0.4, 0.5) is 17.6 Å². The molecule has 1 N–H and O–H groups in total. The van der Waals surface area contributed by atoms with Crippen LogP contribution in [0, 0.1) is 17.1 Å². The minimum Gasteiger partial charge on any atom is -0.457 e. The van der Waals surface area contributed by atoms with Crippen molar-refractivity contribution >= 4 is 5.91 Å². The molecule has 0 saturated carbocycles. The first kappa shape index (κ1) is 23.6. The fraction of sp³-hybridized carbons (Fsp3) is 0.0769. The lowest BCUT2D eigenvalue weighted by Crippen LogP contribution is -2.25. The van der Waals surface area contributed by atoms with Crippen molar-refractivity contribution in [1.29, 1.82) is 5.26 Å². The number of benzene rings is 3. The van der Waals surface area contributed by atoms with Gasteiger partial charge in [0.15, 0.2) is 0 Å². The van der Waals surface area contributed by atoms with Gasteiger partial charge in [-0.25, -0.2) is 4.39 Å². The van der Waals surface area contributed by atoms with Crippen LogP contribution in [0.2, 0.25) is 0 Å². The maximum atomic E-state index is 13.6. The van der Waals surface area contributed by atoms with E-state index in [1.165, 1.54) is 48.7 Å². The summed E-state index contributed by atoms with van der Waals surface area (Å²) >= 11 is 0. The minimum absolute atomic E-state index is 0.0106. The van der Waals surface area contributed by atoms with Crippen LogP contribution >= 0.6 is 0 Å². The van der Waals surface area contributed by atoms with Gasteiger partial charge in [-0.15, -0.1) is 0 Å². The number of hydrogen-bond donors (Lipinski definition) is 1. The fourth-order valence-electron chi connectivity index (χ4n) is 3.41. The summed E-state index contributed by atoms with van der Waals surface area (Å²) in [5, 5.41) is 11.7. The Balaban J connectivity index is 1.47. The number of alkyl halides is 3. The number of rotatable bonds is 6. The van der Waals surface area contributed by atoms with Crippen molar-refractivity contribution in [2.75, 3.05) is 0 Å². The molecule has 35 heavy (non-hydrogen) atoms. The second kappa shape index (κ2) is 9.73. The molecule has 0 radical (unpaired) electrons. The SMILES string of the molecule is N#Cc1ccc(-n2cccc2C(=O)NCc2ccc(Oc3ccc(F)cc3)cc2)c(C(F)(F)F)c1. The van der Waals surface area contributed by atoms with Gasteiger partial charge in [0.05, 0.1) is 22.9 Å². The second-order valence-electron chi connectivity index (χ2n) is 7.49. The summed E-state index contributed by atoms with van der Waals surface area (Å²) in [5.74, 6) is 0.0396. The molecular formula is C26H17F4N3O2. The summed E-state index contributed by atoms with van der Waals surface area (Å²) in [6.45, 7) is 0.125. The number of nitrogens with one attached hydrogen (secondary N) is 1. The highest BCUT2D eigenvalue weighted by Crippen LogP contribution is 2.35. The molecule has 0 fully saturated rings. The van der Waals surface area contributed by atoms with Gasteiger partial charge in [-0.2, -0.15) is 18.4 Å². The van der Waals surface area contributed by atoms with Crippen molar-refractivity contribution in [1.82, 2.24) is 9.88 Å². The van der Waals surface area contributed by atoms with Crippen LogP contribution in [-0.4, -0.2) is 10.5 Å². The number of ether oxygens (including phenoxy) is 1. The number of nitriles is 1. The van der Waals surface area contributed by atoms with Crippen LogP contribution in [-0.2, 0) is 12.7 Å². The highest BCUT2D eigenvalue weighted by Gasteiger charge is 2.35. The Hall–Kier alpha value is -4.58. The van der Waals surface area contributed by atoms with Gasteiger partial charge in [0.2, 0.25) is 0 Å². The number of nitrogens with zero attached hydrogens (tertiary/aromatic N) is 2. The topological polar surface area (TPSA) is 67.0 Å². The Kier molecular flexibility index (Phi) is 6.55. The van der Waals surface area contributed by atoms with E-state index < -0.39 is 17.6 Å². The molecule has 1 aromatic heterocycles. The zero-order valence-electron chi connectivity index (χ0n) is 18.0. The van der Waals surface area contributed by atoms with Gasteiger partial charge < -0.3 is 14.6 Å². The highest BCUT2D eigenvalue weighted by atomic mass is 19.4. The first-order valence-electron chi connectivity index (χ1n) is 10.3. The number of halogens is 4. The van der Waals surface area contributed by atoms with Crippen molar-refractivity contribution in [3.63, 3.8) is 0 Å². The molecule has 1 amide bonds. The molecule has 4 rings (SSSR count). The second-order valence-corrected chi connectivity index (χ2v) is 7.49. The number of aromatic nitrogens is 1. The van der Waals surface area contributed by atoms with Crippen molar-refractivity contribution in [3.8, 4) is 23.3 Å². The summed E-state index contributed by atoms with van der Waals surface area (Å²) in [6, 6.07) is 20.1. The quantitative estimate of drug-likeness (QED) is 0.334. The van der Waals surface area contributed by atoms with Gasteiger partial charge in [0.25, 0.3) is 5.91 Å². The zero-order chi connectivity index (χ0) is 25.0. The van der Waals surface area contributed by atoms with E-state index in [2.05, 4.69) is 5.32 Å². The summed E-state index contributed by atoms with van der Waals surface area (Å²) in [4.78, 5) is 12.8. The average Bonchev–Trinajstić information content (AvgIpc) is 3.34. The van der Waals surface area contributed by atoms with Crippen LogP contribution in [0.3, 0.4) is 0 Å². The van der Waals surface area contributed by atoms with Crippen LogP contribution in [0.1, 0.15) is 27.2 Å². The largest absolute Gasteiger partial charge is 0.457 e. The molecule has 0 atom stereocenters.